The molecular weight excluding hydrogens is 353 g/mol. The average Bonchev–Trinajstić information content (AvgIpc) is 2.33. The van der Waals surface area contributed by atoms with Crippen molar-refractivity contribution >= 4 is 29.9 Å². The summed E-state index contributed by atoms with van der Waals surface area (Å²) < 4.78 is 5.56. The van der Waals surface area contributed by atoms with Crippen molar-refractivity contribution in [2.24, 2.45) is 16.8 Å². The van der Waals surface area contributed by atoms with E-state index in [0.29, 0.717) is 5.92 Å². The minimum atomic E-state index is 0. The molecule has 0 aromatic heterocycles. The molecule has 0 aromatic carbocycles. The van der Waals surface area contributed by atoms with Gasteiger partial charge < -0.3 is 15.0 Å². The van der Waals surface area contributed by atoms with Gasteiger partial charge in [-0.2, -0.15) is 0 Å². The number of halogens is 1. The van der Waals surface area contributed by atoms with Gasteiger partial charge in [-0.15, -0.1) is 24.0 Å². The third kappa shape index (κ3) is 7.97. The number of aliphatic imine (C=N–C) groups is 1. The van der Waals surface area contributed by atoms with Gasteiger partial charge in [-0.05, 0) is 24.7 Å². The molecule has 0 radical (unpaired) electrons. The molecule has 1 unspecified atom stereocenters. The number of guanidine groups is 1. The summed E-state index contributed by atoms with van der Waals surface area (Å²) >= 11 is 0. The zero-order chi connectivity index (χ0) is 13.4. The van der Waals surface area contributed by atoms with Crippen LogP contribution in [-0.2, 0) is 4.74 Å². The molecule has 1 aliphatic rings. The van der Waals surface area contributed by atoms with Crippen molar-refractivity contribution in [2.45, 2.75) is 33.6 Å². The lowest BCUT2D eigenvalue weighted by molar-refractivity contribution is 0.113. The molecule has 0 bridgehead atoms. The van der Waals surface area contributed by atoms with E-state index in [1.807, 2.05) is 7.05 Å². The summed E-state index contributed by atoms with van der Waals surface area (Å²) in [4.78, 5) is 6.71. The van der Waals surface area contributed by atoms with E-state index in [-0.39, 0.29) is 24.0 Å². The van der Waals surface area contributed by atoms with E-state index in [4.69, 9.17) is 4.74 Å². The van der Waals surface area contributed by atoms with Crippen molar-refractivity contribution in [2.75, 3.05) is 39.9 Å². The first-order chi connectivity index (χ1) is 8.63. The molecule has 0 aromatic rings. The number of rotatable bonds is 5. The Hall–Kier alpha value is -0.0400. The molecule has 1 aliphatic heterocycles. The van der Waals surface area contributed by atoms with Gasteiger partial charge in [-0.1, -0.05) is 20.8 Å². The third-order valence-electron chi connectivity index (χ3n) is 3.15. The van der Waals surface area contributed by atoms with Crippen LogP contribution in [0.3, 0.4) is 0 Å². The molecule has 0 amide bonds. The number of piperidine rings is 1. The van der Waals surface area contributed by atoms with E-state index in [1.54, 1.807) is 0 Å². The van der Waals surface area contributed by atoms with Crippen molar-refractivity contribution < 1.29 is 4.74 Å². The summed E-state index contributed by atoms with van der Waals surface area (Å²) in [6, 6.07) is 0. The summed E-state index contributed by atoms with van der Waals surface area (Å²) in [5.74, 6) is 2.40. The predicted octanol–water partition coefficient (Wildman–Crippen LogP) is 2.58. The Labute approximate surface area is 135 Å². The van der Waals surface area contributed by atoms with Crippen LogP contribution in [-0.4, -0.2) is 50.8 Å². The molecule has 1 saturated heterocycles. The molecule has 0 spiro atoms. The van der Waals surface area contributed by atoms with Crippen LogP contribution in [0.15, 0.2) is 4.99 Å². The quantitative estimate of drug-likeness (QED) is 0.343. The van der Waals surface area contributed by atoms with Gasteiger partial charge in [-0.3, -0.25) is 4.99 Å². The van der Waals surface area contributed by atoms with Crippen molar-refractivity contribution in [1.29, 1.82) is 0 Å². The van der Waals surface area contributed by atoms with Crippen LogP contribution in [0.2, 0.25) is 0 Å². The van der Waals surface area contributed by atoms with Gasteiger partial charge in [0.1, 0.15) is 0 Å². The van der Waals surface area contributed by atoms with E-state index >= 15 is 0 Å². The fourth-order valence-electron chi connectivity index (χ4n) is 2.27. The lowest BCUT2D eigenvalue weighted by Crippen LogP contribution is -2.47. The highest BCUT2D eigenvalue weighted by Gasteiger charge is 2.18. The number of ether oxygens (including phenoxy) is 1. The molecule has 1 rings (SSSR count). The lowest BCUT2D eigenvalue weighted by atomic mass is 10.0. The first kappa shape index (κ1) is 19.0. The van der Waals surface area contributed by atoms with Gasteiger partial charge in [-0.25, -0.2) is 0 Å². The maximum atomic E-state index is 5.56. The monoisotopic (exact) mass is 383 g/mol. The fourth-order valence-corrected chi connectivity index (χ4v) is 2.27. The minimum absolute atomic E-state index is 0. The number of hydrogen-bond acceptors (Lipinski definition) is 2. The molecule has 114 valence electrons. The van der Waals surface area contributed by atoms with Gasteiger partial charge in [0.2, 0.25) is 0 Å². The smallest absolute Gasteiger partial charge is 0.193 e. The highest BCUT2D eigenvalue weighted by atomic mass is 127. The summed E-state index contributed by atoms with van der Waals surface area (Å²) in [7, 11) is 1.86. The predicted molar refractivity (Wildman–Crippen MR) is 92.4 cm³/mol. The second-order valence-electron chi connectivity index (χ2n) is 5.64. The zero-order valence-corrected chi connectivity index (χ0v) is 15.1. The summed E-state index contributed by atoms with van der Waals surface area (Å²) in [6.45, 7) is 11.3. The molecule has 1 fully saturated rings. The third-order valence-corrected chi connectivity index (χ3v) is 3.15. The largest absolute Gasteiger partial charge is 0.379 e. The first-order valence-electron chi connectivity index (χ1n) is 7.16. The normalized spacial score (nSPS) is 20.4. The van der Waals surface area contributed by atoms with Crippen LogP contribution in [0.25, 0.3) is 0 Å². The topological polar surface area (TPSA) is 36.9 Å². The molecule has 1 N–H and O–H groups in total. The molecule has 1 atom stereocenters. The Morgan fingerprint density at radius 2 is 2.21 bits per heavy atom. The molecule has 4 nitrogen and oxygen atoms in total. The Morgan fingerprint density at radius 1 is 1.47 bits per heavy atom. The highest BCUT2D eigenvalue weighted by Crippen LogP contribution is 2.15. The maximum Gasteiger partial charge on any atom is 0.193 e. The van der Waals surface area contributed by atoms with Gasteiger partial charge in [0.05, 0.1) is 6.61 Å². The summed E-state index contributed by atoms with van der Waals surface area (Å²) in [5.41, 5.74) is 0. The van der Waals surface area contributed by atoms with Gasteiger partial charge >= 0.3 is 0 Å². The molecule has 0 aliphatic carbocycles. The molecule has 19 heavy (non-hydrogen) atoms. The zero-order valence-electron chi connectivity index (χ0n) is 12.8. The van der Waals surface area contributed by atoms with Crippen LogP contribution in [0.1, 0.15) is 33.6 Å². The minimum Gasteiger partial charge on any atom is -0.379 e. The molecule has 5 heteroatoms. The summed E-state index contributed by atoms with van der Waals surface area (Å²) in [5, 5.41) is 3.38. The van der Waals surface area contributed by atoms with Crippen LogP contribution in [0.4, 0.5) is 0 Å². The number of hydrogen-bond donors (Lipinski definition) is 1. The van der Waals surface area contributed by atoms with Crippen molar-refractivity contribution in [3.05, 3.63) is 0 Å². The van der Waals surface area contributed by atoms with Gasteiger partial charge in [0, 0.05) is 33.3 Å². The van der Waals surface area contributed by atoms with E-state index < -0.39 is 0 Å². The molecule has 1 heterocycles. The standard InChI is InChI=1S/C14H29N3O.HI/c1-12(2)11-18-9-7-16-14(15-4)17-8-5-6-13(3)10-17;/h12-13H,5-11H2,1-4H3,(H,15,16);1H. The first-order valence-corrected chi connectivity index (χ1v) is 7.16. The van der Waals surface area contributed by atoms with E-state index in [2.05, 4.69) is 36.0 Å². The Kier molecular flexibility index (Phi) is 10.7. The van der Waals surface area contributed by atoms with E-state index in [0.717, 1.165) is 44.7 Å². The van der Waals surface area contributed by atoms with Crippen molar-refractivity contribution in [3.63, 3.8) is 0 Å². The fraction of sp³-hybridized carbons (Fsp3) is 0.929. The number of nitrogens with zero attached hydrogens (tertiary/aromatic N) is 2. The molecule has 0 saturated carbocycles. The Bertz CT molecular complexity index is 259. The van der Waals surface area contributed by atoms with Crippen molar-refractivity contribution in [1.82, 2.24) is 10.2 Å². The number of nitrogens with one attached hydrogen (secondary N) is 1. The van der Waals surface area contributed by atoms with Crippen LogP contribution in [0.5, 0.6) is 0 Å². The SMILES string of the molecule is CN=C(NCCOCC(C)C)N1CCCC(C)C1.I. The summed E-state index contributed by atoms with van der Waals surface area (Å²) in [6.07, 6.45) is 2.61. The Balaban J connectivity index is 0.00000324. The number of likely N-dealkylation sites (tertiary alicyclic amines) is 1. The highest BCUT2D eigenvalue weighted by molar-refractivity contribution is 14.0. The Morgan fingerprint density at radius 3 is 2.79 bits per heavy atom. The van der Waals surface area contributed by atoms with E-state index in [9.17, 15) is 0 Å². The second kappa shape index (κ2) is 10.7. The molecular formula is C14H30IN3O. The van der Waals surface area contributed by atoms with Crippen LogP contribution < -0.4 is 5.32 Å². The van der Waals surface area contributed by atoms with Crippen molar-refractivity contribution in [3.8, 4) is 0 Å². The average molecular weight is 383 g/mol. The van der Waals surface area contributed by atoms with Gasteiger partial charge in [0.25, 0.3) is 0 Å². The van der Waals surface area contributed by atoms with Gasteiger partial charge in [0.15, 0.2) is 5.96 Å². The van der Waals surface area contributed by atoms with E-state index in [1.165, 1.54) is 12.8 Å². The maximum absolute atomic E-state index is 5.56. The second-order valence-corrected chi connectivity index (χ2v) is 5.64. The van der Waals surface area contributed by atoms with Crippen LogP contribution in [0, 0.1) is 11.8 Å². The lowest BCUT2D eigenvalue weighted by Gasteiger charge is -2.33. The van der Waals surface area contributed by atoms with Crippen LogP contribution >= 0.6 is 24.0 Å².